The van der Waals surface area contributed by atoms with Crippen molar-refractivity contribution >= 4 is 11.8 Å². The first-order chi connectivity index (χ1) is 3.84. The Morgan fingerprint density at radius 3 is 2.62 bits per heavy atom. The fourth-order valence-electron chi connectivity index (χ4n) is 0.660. The first-order valence-corrected chi connectivity index (χ1v) is 3.75. The normalized spacial score (nSPS) is 9.75. The maximum Gasteiger partial charge on any atom is 0.0274 e. The van der Waals surface area contributed by atoms with Crippen LogP contribution in [-0.2, 0) is 0 Å². The molecule has 0 unspecified atom stereocenters. The number of aromatic amines is 1. The van der Waals surface area contributed by atoms with Gasteiger partial charge in [-0.15, -0.1) is 11.8 Å². The number of H-pyrrole nitrogens is 1. The highest BCUT2D eigenvalue weighted by Gasteiger charge is 1.92. The highest BCUT2D eigenvalue weighted by Crippen LogP contribution is 2.16. The lowest BCUT2D eigenvalue weighted by atomic mass is 10.5. The summed E-state index contributed by atoms with van der Waals surface area (Å²) >= 11 is 1.77. The molecule has 1 heterocycles. The highest BCUT2D eigenvalue weighted by molar-refractivity contribution is 7.98. The van der Waals surface area contributed by atoms with Gasteiger partial charge < -0.3 is 4.98 Å². The van der Waals surface area contributed by atoms with Crippen molar-refractivity contribution in [3.05, 3.63) is 18.0 Å². The van der Waals surface area contributed by atoms with Crippen LogP contribution in [0.3, 0.4) is 0 Å². The molecule has 0 radical (unpaired) electrons. The second kappa shape index (κ2) is 2.27. The number of aromatic nitrogens is 1. The number of hydrogen-bond donors (Lipinski definition) is 1. The van der Waals surface area contributed by atoms with E-state index in [2.05, 4.69) is 24.2 Å². The summed E-state index contributed by atoms with van der Waals surface area (Å²) in [5.41, 5.74) is 1.26. The molecule has 1 rings (SSSR count). The van der Waals surface area contributed by atoms with Gasteiger partial charge in [-0.2, -0.15) is 0 Å². The van der Waals surface area contributed by atoms with Crippen molar-refractivity contribution in [3.8, 4) is 0 Å². The summed E-state index contributed by atoms with van der Waals surface area (Å²) in [6, 6.07) is 2.08. The zero-order valence-electron chi connectivity index (χ0n) is 5.06. The monoisotopic (exact) mass is 127 g/mol. The van der Waals surface area contributed by atoms with Crippen LogP contribution >= 0.6 is 11.8 Å². The zero-order valence-corrected chi connectivity index (χ0v) is 5.88. The van der Waals surface area contributed by atoms with Crippen molar-refractivity contribution in [2.45, 2.75) is 11.8 Å². The van der Waals surface area contributed by atoms with Gasteiger partial charge in [0.2, 0.25) is 0 Å². The van der Waals surface area contributed by atoms with Crippen LogP contribution in [-0.4, -0.2) is 11.2 Å². The van der Waals surface area contributed by atoms with Crippen molar-refractivity contribution in [3.63, 3.8) is 0 Å². The summed E-state index contributed by atoms with van der Waals surface area (Å²) in [5, 5.41) is 0. The fraction of sp³-hybridized carbons (Fsp3) is 0.333. The van der Waals surface area contributed by atoms with Crippen LogP contribution in [0.15, 0.2) is 17.2 Å². The molecule has 0 saturated heterocycles. The van der Waals surface area contributed by atoms with Gasteiger partial charge in [-0.05, 0) is 19.2 Å². The Kier molecular flexibility index (Phi) is 1.63. The van der Waals surface area contributed by atoms with Gasteiger partial charge in [0.1, 0.15) is 0 Å². The van der Waals surface area contributed by atoms with Crippen molar-refractivity contribution < 1.29 is 0 Å². The average Bonchev–Trinajstić information content (AvgIpc) is 2.14. The molecule has 44 valence electrons. The number of nitrogens with one attached hydrogen (secondary N) is 1. The van der Waals surface area contributed by atoms with E-state index in [0.717, 1.165) is 0 Å². The molecule has 0 amide bonds. The van der Waals surface area contributed by atoms with Gasteiger partial charge in [-0.25, -0.2) is 0 Å². The van der Waals surface area contributed by atoms with E-state index in [4.69, 9.17) is 0 Å². The average molecular weight is 127 g/mol. The summed E-state index contributed by atoms with van der Waals surface area (Å²) in [6.45, 7) is 2.08. The molecule has 0 aromatic carbocycles. The summed E-state index contributed by atoms with van der Waals surface area (Å²) in [7, 11) is 0. The Morgan fingerprint density at radius 2 is 2.38 bits per heavy atom. The van der Waals surface area contributed by atoms with Gasteiger partial charge in [0.25, 0.3) is 0 Å². The number of aryl methyl sites for hydroxylation is 1. The van der Waals surface area contributed by atoms with Gasteiger partial charge in [-0.1, -0.05) is 0 Å². The van der Waals surface area contributed by atoms with E-state index in [1.165, 1.54) is 10.6 Å². The van der Waals surface area contributed by atoms with Gasteiger partial charge in [0.15, 0.2) is 0 Å². The van der Waals surface area contributed by atoms with E-state index in [9.17, 15) is 0 Å². The molecular formula is C6H9NS. The first-order valence-electron chi connectivity index (χ1n) is 2.52. The number of hydrogen-bond acceptors (Lipinski definition) is 1. The number of rotatable bonds is 1. The van der Waals surface area contributed by atoms with Crippen LogP contribution < -0.4 is 0 Å². The summed E-state index contributed by atoms with van der Waals surface area (Å²) in [4.78, 5) is 4.44. The van der Waals surface area contributed by atoms with E-state index in [0.29, 0.717) is 0 Å². The fourth-order valence-corrected chi connectivity index (χ4v) is 1.23. The molecule has 1 aromatic rings. The van der Waals surface area contributed by atoms with Crippen molar-refractivity contribution in [2.75, 3.05) is 6.26 Å². The zero-order chi connectivity index (χ0) is 5.98. The predicted octanol–water partition coefficient (Wildman–Crippen LogP) is 2.05. The molecule has 0 saturated carbocycles. The molecule has 1 aromatic heterocycles. The second-order valence-electron chi connectivity index (χ2n) is 1.67. The van der Waals surface area contributed by atoms with E-state index in [-0.39, 0.29) is 0 Å². The van der Waals surface area contributed by atoms with Crippen molar-refractivity contribution in [1.82, 2.24) is 4.98 Å². The molecule has 0 aliphatic carbocycles. The van der Waals surface area contributed by atoms with Gasteiger partial charge in [-0.3, -0.25) is 0 Å². The largest absolute Gasteiger partial charge is 0.364 e. The van der Waals surface area contributed by atoms with E-state index >= 15 is 0 Å². The minimum atomic E-state index is 1.26. The van der Waals surface area contributed by atoms with Crippen molar-refractivity contribution in [1.29, 1.82) is 0 Å². The van der Waals surface area contributed by atoms with Gasteiger partial charge >= 0.3 is 0 Å². The molecule has 0 spiro atoms. The van der Waals surface area contributed by atoms with Crippen LogP contribution in [0.25, 0.3) is 0 Å². The predicted molar refractivity (Wildman–Crippen MR) is 37.3 cm³/mol. The first kappa shape index (κ1) is 5.76. The van der Waals surface area contributed by atoms with Crippen LogP contribution in [0.1, 0.15) is 5.69 Å². The summed E-state index contributed by atoms with van der Waals surface area (Å²) in [6.07, 6.45) is 4.04. The highest BCUT2D eigenvalue weighted by atomic mass is 32.2. The maximum atomic E-state index is 3.10. The lowest BCUT2D eigenvalue weighted by Gasteiger charge is -1.88. The molecular weight excluding hydrogens is 118 g/mol. The lowest BCUT2D eigenvalue weighted by molar-refractivity contribution is 1.21. The molecule has 0 aliphatic rings. The summed E-state index contributed by atoms with van der Waals surface area (Å²) < 4.78 is 0. The lowest BCUT2D eigenvalue weighted by Crippen LogP contribution is -1.68. The molecule has 0 fully saturated rings. The molecule has 1 nitrogen and oxygen atoms in total. The van der Waals surface area contributed by atoms with Crippen LogP contribution in [0.5, 0.6) is 0 Å². The van der Waals surface area contributed by atoms with Crippen molar-refractivity contribution in [2.24, 2.45) is 0 Å². The molecule has 0 atom stereocenters. The minimum absolute atomic E-state index is 1.26. The van der Waals surface area contributed by atoms with Crippen LogP contribution in [0.4, 0.5) is 0 Å². The Balaban J connectivity index is 2.92. The van der Waals surface area contributed by atoms with E-state index < -0.39 is 0 Å². The maximum absolute atomic E-state index is 3.10. The molecule has 1 N–H and O–H groups in total. The minimum Gasteiger partial charge on any atom is -0.364 e. The third-order valence-corrected chi connectivity index (χ3v) is 2.01. The molecule has 0 bridgehead atoms. The molecule has 8 heavy (non-hydrogen) atoms. The van der Waals surface area contributed by atoms with Gasteiger partial charge in [0, 0.05) is 16.8 Å². The van der Waals surface area contributed by atoms with E-state index in [1.54, 1.807) is 11.8 Å². The standard InChI is InChI=1S/C6H9NS/c1-5-6(8-2)3-4-7-5/h3-4,7H,1-2H3. The topological polar surface area (TPSA) is 15.8 Å². The third kappa shape index (κ3) is 0.892. The SMILES string of the molecule is CSc1cc[nH]c1C. The summed E-state index contributed by atoms with van der Waals surface area (Å²) in [5.74, 6) is 0. The smallest absolute Gasteiger partial charge is 0.0274 e. The molecule has 2 heteroatoms. The molecule has 0 aliphatic heterocycles. The Bertz CT molecular complexity index is 169. The van der Waals surface area contributed by atoms with Crippen LogP contribution in [0, 0.1) is 6.92 Å². The van der Waals surface area contributed by atoms with Crippen LogP contribution in [0.2, 0.25) is 0 Å². The number of thioether (sulfide) groups is 1. The van der Waals surface area contributed by atoms with E-state index in [1.807, 2.05) is 6.20 Å². The Hall–Kier alpha value is -0.370. The third-order valence-electron chi connectivity index (χ3n) is 1.12. The Labute approximate surface area is 53.5 Å². The van der Waals surface area contributed by atoms with Gasteiger partial charge in [0.05, 0.1) is 0 Å². The Morgan fingerprint density at radius 1 is 1.62 bits per heavy atom. The second-order valence-corrected chi connectivity index (χ2v) is 2.52. The quantitative estimate of drug-likeness (QED) is 0.571.